The van der Waals surface area contributed by atoms with E-state index in [0.717, 1.165) is 22.4 Å². The van der Waals surface area contributed by atoms with Crippen molar-refractivity contribution in [1.29, 1.82) is 0 Å². The largest absolute Gasteiger partial charge is 0.497 e. The summed E-state index contributed by atoms with van der Waals surface area (Å²) in [6.45, 7) is 6.09. The third-order valence-corrected chi connectivity index (χ3v) is 3.84. The summed E-state index contributed by atoms with van der Waals surface area (Å²) in [4.78, 5) is 12.2. The van der Waals surface area contributed by atoms with Crippen molar-refractivity contribution in [2.24, 2.45) is 0 Å². The number of benzene rings is 2. The molecule has 2 aromatic carbocycles. The molecule has 0 aromatic heterocycles. The van der Waals surface area contributed by atoms with E-state index in [0.29, 0.717) is 6.42 Å². The highest BCUT2D eigenvalue weighted by molar-refractivity contribution is 5.79. The zero-order valence-corrected chi connectivity index (χ0v) is 13.6. The Morgan fingerprint density at radius 3 is 2.41 bits per heavy atom. The van der Waals surface area contributed by atoms with Gasteiger partial charge < -0.3 is 10.1 Å². The van der Waals surface area contributed by atoms with Gasteiger partial charge in [-0.1, -0.05) is 35.9 Å². The SMILES string of the molecule is COc1ccc([C@H](C)NC(=O)Cc2ccc(C)cc2C)cc1. The molecular weight excluding hydrogens is 274 g/mol. The van der Waals surface area contributed by atoms with Crippen LogP contribution in [0.3, 0.4) is 0 Å². The maximum Gasteiger partial charge on any atom is 0.224 e. The van der Waals surface area contributed by atoms with Crippen molar-refractivity contribution in [3.05, 3.63) is 64.7 Å². The van der Waals surface area contributed by atoms with Gasteiger partial charge >= 0.3 is 0 Å². The number of carbonyl (C=O) groups excluding carboxylic acids is 1. The average Bonchev–Trinajstić information content (AvgIpc) is 2.50. The minimum atomic E-state index is -0.0239. The van der Waals surface area contributed by atoms with E-state index >= 15 is 0 Å². The minimum absolute atomic E-state index is 0.0239. The predicted molar refractivity (Wildman–Crippen MR) is 89.2 cm³/mol. The average molecular weight is 297 g/mol. The molecule has 3 nitrogen and oxygen atoms in total. The summed E-state index contributed by atoms with van der Waals surface area (Å²) in [5.74, 6) is 0.854. The molecule has 2 rings (SSSR count). The molecule has 2 aromatic rings. The molecule has 22 heavy (non-hydrogen) atoms. The van der Waals surface area contributed by atoms with E-state index < -0.39 is 0 Å². The number of hydrogen-bond donors (Lipinski definition) is 1. The number of ether oxygens (including phenoxy) is 1. The van der Waals surface area contributed by atoms with Crippen LogP contribution in [0.1, 0.15) is 35.2 Å². The zero-order valence-electron chi connectivity index (χ0n) is 13.6. The molecule has 0 aliphatic carbocycles. The van der Waals surface area contributed by atoms with Crippen LogP contribution in [0.25, 0.3) is 0 Å². The van der Waals surface area contributed by atoms with Gasteiger partial charge in [0.15, 0.2) is 0 Å². The Bertz CT molecular complexity index is 647. The van der Waals surface area contributed by atoms with Gasteiger partial charge in [0.2, 0.25) is 5.91 Å². The Balaban J connectivity index is 1.98. The normalized spacial score (nSPS) is 11.8. The molecular formula is C19H23NO2. The third-order valence-electron chi connectivity index (χ3n) is 3.84. The van der Waals surface area contributed by atoms with Gasteiger partial charge in [-0.25, -0.2) is 0 Å². The van der Waals surface area contributed by atoms with Crippen LogP contribution < -0.4 is 10.1 Å². The molecule has 1 amide bonds. The van der Waals surface area contributed by atoms with Crippen LogP contribution in [-0.2, 0) is 11.2 Å². The zero-order chi connectivity index (χ0) is 16.1. The Labute approximate surface area is 132 Å². The third kappa shape index (κ3) is 4.10. The first-order chi connectivity index (χ1) is 10.5. The molecule has 0 unspecified atom stereocenters. The molecule has 0 radical (unpaired) electrons. The first kappa shape index (κ1) is 16.1. The Morgan fingerprint density at radius 1 is 1.14 bits per heavy atom. The van der Waals surface area contributed by atoms with Gasteiger partial charge in [0.05, 0.1) is 19.6 Å². The van der Waals surface area contributed by atoms with Crippen LogP contribution in [0.4, 0.5) is 0 Å². The lowest BCUT2D eigenvalue weighted by atomic mass is 10.0. The first-order valence-corrected chi connectivity index (χ1v) is 7.49. The van der Waals surface area contributed by atoms with Crippen LogP contribution >= 0.6 is 0 Å². The molecule has 0 heterocycles. The second-order valence-electron chi connectivity index (χ2n) is 5.67. The number of carbonyl (C=O) groups is 1. The maximum atomic E-state index is 12.2. The van der Waals surface area contributed by atoms with Gasteiger partial charge in [0, 0.05) is 0 Å². The van der Waals surface area contributed by atoms with Crippen molar-refractivity contribution < 1.29 is 9.53 Å². The summed E-state index contributed by atoms with van der Waals surface area (Å²) in [7, 11) is 1.64. The lowest BCUT2D eigenvalue weighted by Crippen LogP contribution is -2.28. The number of aryl methyl sites for hydroxylation is 2. The lowest BCUT2D eigenvalue weighted by molar-refractivity contribution is -0.121. The van der Waals surface area contributed by atoms with Crippen molar-refractivity contribution in [3.8, 4) is 5.75 Å². The summed E-state index contributed by atoms with van der Waals surface area (Å²) in [5.41, 5.74) is 4.51. The van der Waals surface area contributed by atoms with Crippen molar-refractivity contribution in [2.45, 2.75) is 33.2 Å². The molecule has 1 atom stereocenters. The molecule has 0 saturated carbocycles. The van der Waals surface area contributed by atoms with Gasteiger partial charge in [-0.3, -0.25) is 4.79 Å². The maximum absolute atomic E-state index is 12.2. The van der Waals surface area contributed by atoms with E-state index in [-0.39, 0.29) is 11.9 Å². The summed E-state index contributed by atoms with van der Waals surface area (Å²) in [6, 6.07) is 13.9. The van der Waals surface area contributed by atoms with E-state index in [4.69, 9.17) is 4.74 Å². The molecule has 116 valence electrons. The van der Waals surface area contributed by atoms with E-state index in [9.17, 15) is 4.79 Å². The van der Waals surface area contributed by atoms with Crippen molar-refractivity contribution >= 4 is 5.91 Å². The second-order valence-corrected chi connectivity index (χ2v) is 5.67. The van der Waals surface area contributed by atoms with E-state index in [1.165, 1.54) is 5.56 Å². The molecule has 0 fully saturated rings. The number of nitrogens with one attached hydrogen (secondary N) is 1. The quantitative estimate of drug-likeness (QED) is 0.913. The standard InChI is InChI=1S/C19H23NO2/c1-13-5-6-17(14(2)11-13)12-19(21)20-15(3)16-7-9-18(22-4)10-8-16/h5-11,15H,12H2,1-4H3,(H,20,21)/t15-/m0/s1. The van der Waals surface area contributed by atoms with Crippen LogP contribution in [-0.4, -0.2) is 13.0 Å². The number of amides is 1. The topological polar surface area (TPSA) is 38.3 Å². The number of hydrogen-bond acceptors (Lipinski definition) is 2. The van der Waals surface area contributed by atoms with Gasteiger partial charge in [-0.2, -0.15) is 0 Å². The van der Waals surface area contributed by atoms with Gasteiger partial charge in [-0.05, 0) is 49.6 Å². The molecule has 0 aliphatic rings. The molecule has 0 spiro atoms. The van der Waals surface area contributed by atoms with E-state index in [1.54, 1.807) is 7.11 Å². The van der Waals surface area contributed by atoms with Gasteiger partial charge in [0.1, 0.15) is 5.75 Å². The monoisotopic (exact) mass is 297 g/mol. The molecule has 0 saturated heterocycles. The summed E-state index contributed by atoms with van der Waals surface area (Å²) < 4.78 is 5.14. The van der Waals surface area contributed by atoms with Crippen LogP contribution in [0.2, 0.25) is 0 Å². The number of methoxy groups -OCH3 is 1. The van der Waals surface area contributed by atoms with Crippen molar-refractivity contribution in [3.63, 3.8) is 0 Å². The lowest BCUT2D eigenvalue weighted by Gasteiger charge is -2.15. The van der Waals surface area contributed by atoms with Crippen molar-refractivity contribution in [2.75, 3.05) is 7.11 Å². The molecule has 0 aliphatic heterocycles. The highest BCUT2D eigenvalue weighted by Crippen LogP contribution is 2.18. The molecule has 0 bridgehead atoms. The predicted octanol–water partition coefficient (Wildman–Crippen LogP) is 3.73. The summed E-state index contributed by atoms with van der Waals surface area (Å²) in [6.07, 6.45) is 0.409. The first-order valence-electron chi connectivity index (χ1n) is 7.49. The van der Waals surface area contributed by atoms with Gasteiger partial charge in [0.25, 0.3) is 0 Å². The van der Waals surface area contributed by atoms with Gasteiger partial charge in [-0.15, -0.1) is 0 Å². The smallest absolute Gasteiger partial charge is 0.224 e. The Hall–Kier alpha value is -2.29. The summed E-state index contributed by atoms with van der Waals surface area (Å²) in [5, 5.41) is 3.04. The fourth-order valence-electron chi connectivity index (χ4n) is 2.49. The molecule has 1 N–H and O–H groups in total. The Kier molecular flexibility index (Phi) is 5.21. The highest BCUT2D eigenvalue weighted by Gasteiger charge is 2.11. The highest BCUT2D eigenvalue weighted by atomic mass is 16.5. The summed E-state index contributed by atoms with van der Waals surface area (Å²) >= 11 is 0. The van der Waals surface area contributed by atoms with Crippen molar-refractivity contribution in [1.82, 2.24) is 5.32 Å². The van der Waals surface area contributed by atoms with Crippen LogP contribution in [0.5, 0.6) is 5.75 Å². The fourth-order valence-corrected chi connectivity index (χ4v) is 2.49. The fraction of sp³-hybridized carbons (Fsp3) is 0.316. The second kappa shape index (κ2) is 7.12. The van der Waals surface area contributed by atoms with Crippen LogP contribution in [0.15, 0.2) is 42.5 Å². The molecule has 3 heteroatoms. The number of rotatable bonds is 5. The van der Waals surface area contributed by atoms with Crippen LogP contribution in [0, 0.1) is 13.8 Å². The van der Waals surface area contributed by atoms with E-state index in [1.807, 2.05) is 50.2 Å². The Morgan fingerprint density at radius 2 is 1.82 bits per heavy atom. The van der Waals surface area contributed by atoms with E-state index in [2.05, 4.69) is 18.3 Å². The minimum Gasteiger partial charge on any atom is -0.497 e.